The molecule has 108 valence electrons. The third-order valence-electron chi connectivity index (χ3n) is 3.97. The Morgan fingerprint density at radius 2 is 2.21 bits per heavy atom. The van der Waals surface area contributed by atoms with Gasteiger partial charge in [0.2, 0.25) is 0 Å². The Bertz CT molecular complexity index is 409. The molecule has 2 rings (SSSR count). The normalized spacial score (nSPS) is 21.4. The van der Waals surface area contributed by atoms with Crippen molar-refractivity contribution >= 4 is 0 Å². The molecule has 0 bridgehead atoms. The van der Waals surface area contributed by atoms with Crippen molar-refractivity contribution in [2.45, 2.75) is 59.0 Å². The summed E-state index contributed by atoms with van der Waals surface area (Å²) < 4.78 is 7.93. The fourth-order valence-corrected chi connectivity index (χ4v) is 3.09. The van der Waals surface area contributed by atoms with Crippen molar-refractivity contribution in [1.82, 2.24) is 4.57 Å². The van der Waals surface area contributed by atoms with Crippen LogP contribution in [0.15, 0.2) is 12.3 Å². The van der Waals surface area contributed by atoms with Gasteiger partial charge >= 0.3 is 0 Å². The van der Waals surface area contributed by atoms with Crippen LogP contribution in [-0.2, 0) is 17.7 Å². The highest BCUT2D eigenvalue weighted by atomic mass is 16.5. The number of nitrogens with two attached hydrogens (primary N) is 1. The lowest BCUT2D eigenvalue weighted by atomic mass is 9.74. The van der Waals surface area contributed by atoms with Crippen molar-refractivity contribution in [1.29, 1.82) is 0 Å². The Morgan fingerprint density at radius 3 is 2.95 bits per heavy atom. The van der Waals surface area contributed by atoms with Crippen molar-refractivity contribution in [2.75, 3.05) is 13.2 Å². The number of rotatable bonds is 6. The molecule has 1 atom stereocenters. The van der Waals surface area contributed by atoms with Gasteiger partial charge in [0, 0.05) is 37.7 Å². The van der Waals surface area contributed by atoms with Crippen LogP contribution in [0.3, 0.4) is 0 Å². The van der Waals surface area contributed by atoms with E-state index in [-0.39, 0.29) is 6.04 Å². The molecule has 1 unspecified atom stereocenters. The molecule has 19 heavy (non-hydrogen) atoms. The van der Waals surface area contributed by atoms with Gasteiger partial charge in [-0.3, -0.25) is 0 Å². The first-order chi connectivity index (χ1) is 9.03. The summed E-state index contributed by atoms with van der Waals surface area (Å²) in [5.41, 5.74) is 9.41. The minimum atomic E-state index is 0.205. The lowest BCUT2D eigenvalue weighted by Crippen LogP contribution is -2.30. The second kappa shape index (κ2) is 6.10. The first-order valence-electron chi connectivity index (χ1n) is 7.55. The fourth-order valence-electron chi connectivity index (χ4n) is 3.09. The number of hydrogen-bond acceptors (Lipinski definition) is 2. The summed E-state index contributed by atoms with van der Waals surface area (Å²) in [5, 5.41) is 0. The molecule has 0 amide bonds. The Labute approximate surface area is 117 Å². The number of hydrogen-bond donors (Lipinski definition) is 1. The molecule has 0 saturated heterocycles. The Morgan fingerprint density at radius 1 is 1.42 bits per heavy atom. The van der Waals surface area contributed by atoms with Gasteiger partial charge < -0.3 is 15.0 Å². The molecule has 0 radical (unpaired) electrons. The van der Waals surface area contributed by atoms with E-state index < -0.39 is 0 Å². The number of aryl methyl sites for hydroxylation is 1. The monoisotopic (exact) mass is 264 g/mol. The zero-order valence-corrected chi connectivity index (χ0v) is 12.6. The summed E-state index contributed by atoms with van der Waals surface area (Å²) in [4.78, 5) is 0. The van der Waals surface area contributed by atoms with E-state index in [1.54, 1.807) is 0 Å². The second-order valence-corrected chi connectivity index (χ2v) is 6.53. The highest BCUT2D eigenvalue weighted by Gasteiger charge is 2.32. The first-order valence-corrected chi connectivity index (χ1v) is 7.55. The van der Waals surface area contributed by atoms with E-state index in [0.29, 0.717) is 5.41 Å². The first kappa shape index (κ1) is 14.6. The van der Waals surface area contributed by atoms with Crippen LogP contribution in [0, 0.1) is 5.41 Å². The molecule has 1 aliphatic carbocycles. The van der Waals surface area contributed by atoms with Crippen molar-refractivity contribution in [2.24, 2.45) is 11.1 Å². The number of fused-ring (bicyclic) bond motifs is 1. The van der Waals surface area contributed by atoms with Crippen LogP contribution >= 0.6 is 0 Å². The summed E-state index contributed by atoms with van der Waals surface area (Å²) in [6, 6.07) is 2.42. The highest BCUT2D eigenvalue weighted by molar-refractivity contribution is 5.30. The SMILES string of the molecule is CCCOCCCn1ccc2c1CC(C)(C)CC2N. The fraction of sp³-hybridized carbons (Fsp3) is 0.750. The summed E-state index contributed by atoms with van der Waals surface area (Å²) >= 11 is 0. The van der Waals surface area contributed by atoms with Crippen molar-refractivity contribution in [3.8, 4) is 0 Å². The molecule has 0 spiro atoms. The molecular weight excluding hydrogens is 236 g/mol. The van der Waals surface area contributed by atoms with Crippen LogP contribution in [0.2, 0.25) is 0 Å². The van der Waals surface area contributed by atoms with E-state index >= 15 is 0 Å². The molecule has 0 saturated carbocycles. The zero-order chi connectivity index (χ0) is 13.9. The summed E-state index contributed by atoms with van der Waals surface area (Å²) in [5.74, 6) is 0. The van der Waals surface area contributed by atoms with E-state index in [0.717, 1.165) is 45.4 Å². The average molecular weight is 264 g/mol. The predicted molar refractivity (Wildman–Crippen MR) is 79.2 cm³/mol. The minimum Gasteiger partial charge on any atom is -0.381 e. The average Bonchev–Trinajstić information content (AvgIpc) is 2.71. The van der Waals surface area contributed by atoms with Gasteiger partial charge in [-0.2, -0.15) is 0 Å². The van der Waals surface area contributed by atoms with Crippen LogP contribution in [0.25, 0.3) is 0 Å². The van der Waals surface area contributed by atoms with Crippen LogP contribution < -0.4 is 5.73 Å². The molecule has 1 heterocycles. The lowest BCUT2D eigenvalue weighted by Gasteiger charge is -2.34. The van der Waals surface area contributed by atoms with Crippen LogP contribution in [0.5, 0.6) is 0 Å². The maximum absolute atomic E-state index is 6.29. The predicted octanol–water partition coefficient (Wildman–Crippen LogP) is 3.28. The summed E-state index contributed by atoms with van der Waals surface area (Å²) in [6.45, 7) is 9.56. The van der Waals surface area contributed by atoms with Crippen LogP contribution in [0.1, 0.15) is 57.3 Å². The van der Waals surface area contributed by atoms with E-state index in [1.807, 2.05) is 0 Å². The maximum atomic E-state index is 6.29. The van der Waals surface area contributed by atoms with E-state index in [1.165, 1.54) is 11.3 Å². The zero-order valence-electron chi connectivity index (χ0n) is 12.6. The molecule has 2 N–H and O–H groups in total. The number of aromatic nitrogens is 1. The van der Waals surface area contributed by atoms with Gasteiger partial charge in [0.1, 0.15) is 0 Å². The molecule has 1 aromatic heterocycles. The Kier molecular flexibility index (Phi) is 4.69. The lowest BCUT2D eigenvalue weighted by molar-refractivity contribution is 0.129. The summed E-state index contributed by atoms with van der Waals surface area (Å²) in [6.07, 6.45) is 6.60. The Hall–Kier alpha value is -0.800. The quantitative estimate of drug-likeness (QED) is 0.801. The van der Waals surface area contributed by atoms with Gasteiger partial charge in [-0.15, -0.1) is 0 Å². The van der Waals surface area contributed by atoms with Gasteiger partial charge in [-0.1, -0.05) is 20.8 Å². The van der Waals surface area contributed by atoms with Crippen LogP contribution in [0.4, 0.5) is 0 Å². The van der Waals surface area contributed by atoms with E-state index in [2.05, 4.69) is 37.6 Å². The van der Waals surface area contributed by atoms with Crippen molar-refractivity contribution in [3.63, 3.8) is 0 Å². The summed E-state index contributed by atoms with van der Waals surface area (Å²) in [7, 11) is 0. The topological polar surface area (TPSA) is 40.2 Å². The molecular formula is C16H28N2O. The Balaban J connectivity index is 1.96. The second-order valence-electron chi connectivity index (χ2n) is 6.53. The molecule has 0 fully saturated rings. The van der Waals surface area contributed by atoms with Gasteiger partial charge in [-0.05, 0) is 42.7 Å². The van der Waals surface area contributed by atoms with Crippen molar-refractivity contribution in [3.05, 3.63) is 23.5 Å². The van der Waals surface area contributed by atoms with E-state index in [4.69, 9.17) is 10.5 Å². The maximum Gasteiger partial charge on any atom is 0.0483 e. The third-order valence-corrected chi connectivity index (χ3v) is 3.97. The molecule has 0 aromatic carbocycles. The smallest absolute Gasteiger partial charge is 0.0483 e. The van der Waals surface area contributed by atoms with Crippen molar-refractivity contribution < 1.29 is 4.74 Å². The third kappa shape index (κ3) is 3.61. The van der Waals surface area contributed by atoms with Gasteiger partial charge in [0.25, 0.3) is 0 Å². The molecule has 1 aliphatic rings. The molecule has 1 aromatic rings. The van der Waals surface area contributed by atoms with Crippen LogP contribution in [-0.4, -0.2) is 17.8 Å². The van der Waals surface area contributed by atoms with E-state index in [9.17, 15) is 0 Å². The number of nitrogens with zero attached hydrogens (tertiary/aromatic N) is 1. The minimum absolute atomic E-state index is 0.205. The van der Waals surface area contributed by atoms with Gasteiger partial charge in [0.05, 0.1) is 0 Å². The standard InChI is InChI=1S/C16H28N2O/c1-4-9-19-10-5-7-18-8-6-13-14(17)11-16(2,3)12-15(13)18/h6,8,14H,4-5,7,9-12,17H2,1-3H3. The molecule has 3 nitrogen and oxygen atoms in total. The largest absolute Gasteiger partial charge is 0.381 e. The molecule has 3 heteroatoms. The molecule has 0 aliphatic heterocycles. The highest BCUT2D eigenvalue weighted by Crippen LogP contribution is 2.39. The van der Waals surface area contributed by atoms with Gasteiger partial charge in [-0.25, -0.2) is 0 Å². The van der Waals surface area contributed by atoms with Gasteiger partial charge in [0.15, 0.2) is 0 Å². The number of ether oxygens (including phenoxy) is 1.